The zero-order chi connectivity index (χ0) is 15.4. The molecule has 4 nitrogen and oxygen atoms in total. The average molecular weight is 310 g/mol. The van der Waals surface area contributed by atoms with E-state index >= 15 is 0 Å². The lowest BCUT2D eigenvalue weighted by molar-refractivity contribution is 0.0350. The molecule has 0 aliphatic carbocycles. The van der Waals surface area contributed by atoms with Crippen LogP contribution in [-0.4, -0.2) is 59.0 Å². The third kappa shape index (κ3) is 4.36. The van der Waals surface area contributed by atoms with Crippen molar-refractivity contribution in [3.8, 4) is 0 Å². The van der Waals surface area contributed by atoms with Gasteiger partial charge in [-0.2, -0.15) is 0 Å². The number of ketones is 1. The largest absolute Gasteiger partial charge is 0.396 e. The number of carbonyl (C=O) groups is 1. The fourth-order valence-corrected chi connectivity index (χ4v) is 3.87. The summed E-state index contributed by atoms with van der Waals surface area (Å²) in [5.74, 6) is 0.147. The molecule has 0 aromatic carbocycles. The molecule has 0 amide bonds. The van der Waals surface area contributed by atoms with Crippen LogP contribution < -0.4 is 0 Å². The minimum Gasteiger partial charge on any atom is -0.396 e. The van der Waals surface area contributed by atoms with Gasteiger partial charge in [-0.1, -0.05) is 0 Å². The molecule has 1 fully saturated rings. The Kier molecular flexibility index (Phi) is 5.93. The molecule has 1 aromatic rings. The quantitative estimate of drug-likeness (QED) is 0.818. The van der Waals surface area contributed by atoms with E-state index in [4.69, 9.17) is 0 Å². The standard InChI is InChI=1S/C16H26N2O2S/c1-12(2)18-6-5-17(10-15(18)4-7-19)9-14-8-16(13(3)20)21-11-14/h8,11-12,15,19H,4-7,9-10H2,1-3H3/t15-/m0/s1. The van der Waals surface area contributed by atoms with Gasteiger partial charge in [0.1, 0.15) is 0 Å². The second kappa shape index (κ2) is 7.49. The summed E-state index contributed by atoms with van der Waals surface area (Å²) < 4.78 is 0. The normalized spacial score (nSPS) is 21.1. The van der Waals surface area contributed by atoms with Crippen LogP contribution in [0.5, 0.6) is 0 Å². The molecule has 1 aliphatic heterocycles. The van der Waals surface area contributed by atoms with E-state index in [1.807, 2.05) is 6.07 Å². The van der Waals surface area contributed by atoms with Gasteiger partial charge < -0.3 is 5.11 Å². The molecule has 21 heavy (non-hydrogen) atoms. The topological polar surface area (TPSA) is 43.8 Å². The molecule has 1 saturated heterocycles. The summed E-state index contributed by atoms with van der Waals surface area (Å²) in [6, 6.07) is 2.96. The summed E-state index contributed by atoms with van der Waals surface area (Å²) >= 11 is 1.54. The van der Waals surface area contributed by atoms with Gasteiger partial charge in [0.15, 0.2) is 5.78 Å². The molecule has 2 heterocycles. The van der Waals surface area contributed by atoms with Crippen molar-refractivity contribution < 1.29 is 9.90 Å². The van der Waals surface area contributed by atoms with Crippen molar-refractivity contribution in [2.45, 2.75) is 45.8 Å². The minimum atomic E-state index is 0.147. The summed E-state index contributed by atoms with van der Waals surface area (Å²) in [4.78, 5) is 17.1. The van der Waals surface area contributed by atoms with Gasteiger partial charge in [-0.15, -0.1) is 11.3 Å². The van der Waals surface area contributed by atoms with Gasteiger partial charge in [-0.05, 0) is 44.2 Å². The highest BCUT2D eigenvalue weighted by atomic mass is 32.1. The van der Waals surface area contributed by atoms with Gasteiger partial charge in [0.2, 0.25) is 0 Å². The summed E-state index contributed by atoms with van der Waals surface area (Å²) in [6.45, 7) is 10.3. The highest BCUT2D eigenvalue weighted by Gasteiger charge is 2.28. The van der Waals surface area contributed by atoms with Gasteiger partial charge in [0, 0.05) is 44.9 Å². The van der Waals surface area contributed by atoms with Gasteiger partial charge in [0.25, 0.3) is 0 Å². The third-order valence-corrected chi connectivity index (χ3v) is 5.22. The van der Waals surface area contributed by atoms with Crippen molar-refractivity contribution in [2.24, 2.45) is 0 Å². The zero-order valence-electron chi connectivity index (χ0n) is 13.2. The fourth-order valence-electron chi connectivity index (χ4n) is 3.06. The average Bonchev–Trinajstić information content (AvgIpc) is 2.88. The van der Waals surface area contributed by atoms with E-state index in [0.29, 0.717) is 12.1 Å². The number of aliphatic hydroxyl groups excluding tert-OH is 1. The number of piperazine rings is 1. The highest BCUT2D eigenvalue weighted by Crippen LogP contribution is 2.21. The summed E-state index contributed by atoms with van der Waals surface area (Å²) in [5, 5.41) is 11.4. The third-order valence-electron chi connectivity index (χ3n) is 4.14. The van der Waals surface area contributed by atoms with Crippen molar-refractivity contribution in [1.29, 1.82) is 0 Å². The van der Waals surface area contributed by atoms with E-state index < -0.39 is 0 Å². The fraction of sp³-hybridized carbons (Fsp3) is 0.688. The maximum Gasteiger partial charge on any atom is 0.169 e. The van der Waals surface area contributed by atoms with Crippen LogP contribution in [0.2, 0.25) is 0 Å². The van der Waals surface area contributed by atoms with Crippen LogP contribution in [0.3, 0.4) is 0 Å². The molecule has 1 N–H and O–H groups in total. The Morgan fingerprint density at radius 1 is 1.48 bits per heavy atom. The maximum absolute atomic E-state index is 11.4. The minimum absolute atomic E-state index is 0.147. The number of thiophene rings is 1. The first-order valence-corrected chi connectivity index (χ1v) is 8.56. The monoisotopic (exact) mass is 310 g/mol. The molecular weight excluding hydrogens is 284 g/mol. The molecule has 1 aromatic heterocycles. The molecule has 5 heteroatoms. The Morgan fingerprint density at radius 3 is 2.81 bits per heavy atom. The Morgan fingerprint density at radius 2 is 2.24 bits per heavy atom. The van der Waals surface area contributed by atoms with Crippen LogP contribution in [0.1, 0.15) is 42.4 Å². The van der Waals surface area contributed by atoms with Crippen LogP contribution in [0.4, 0.5) is 0 Å². The molecule has 0 saturated carbocycles. The zero-order valence-corrected chi connectivity index (χ0v) is 14.0. The Hall–Kier alpha value is -0.750. The van der Waals surface area contributed by atoms with Crippen LogP contribution in [0, 0.1) is 0 Å². The van der Waals surface area contributed by atoms with Crippen molar-refractivity contribution in [1.82, 2.24) is 9.80 Å². The Balaban J connectivity index is 1.96. The first-order valence-electron chi connectivity index (χ1n) is 7.68. The molecule has 118 valence electrons. The second-order valence-electron chi connectivity index (χ2n) is 6.11. The van der Waals surface area contributed by atoms with Crippen LogP contribution in [0.15, 0.2) is 11.4 Å². The van der Waals surface area contributed by atoms with Crippen molar-refractivity contribution in [3.63, 3.8) is 0 Å². The first kappa shape index (κ1) is 16.6. The summed E-state index contributed by atoms with van der Waals surface area (Å²) in [7, 11) is 0. The number of rotatable bonds is 6. The summed E-state index contributed by atoms with van der Waals surface area (Å²) in [6.07, 6.45) is 0.830. The van der Waals surface area contributed by atoms with E-state index in [1.165, 1.54) is 16.9 Å². The maximum atomic E-state index is 11.4. The molecule has 0 bridgehead atoms. The van der Waals surface area contributed by atoms with E-state index in [1.54, 1.807) is 6.92 Å². The van der Waals surface area contributed by atoms with Gasteiger partial charge in [0.05, 0.1) is 4.88 Å². The molecule has 0 radical (unpaired) electrons. The number of hydrogen-bond acceptors (Lipinski definition) is 5. The van der Waals surface area contributed by atoms with E-state index in [2.05, 4.69) is 29.0 Å². The number of hydrogen-bond donors (Lipinski definition) is 1. The highest BCUT2D eigenvalue weighted by molar-refractivity contribution is 7.12. The lowest BCUT2D eigenvalue weighted by Gasteiger charge is -2.43. The Bertz CT molecular complexity index is 473. The molecule has 0 unspecified atom stereocenters. The predicted molar refractivity (Wildman–Crippen MR) is 86.9 cm³/mol. The van der Waals surface area contributed by atoms with Crippen LogP contribution in [-0.2, 0) is 6.54 Å². The number of carbonyl (C=O) groups excluding carboxylic acids is 1. The van der Waals surface area contributed by atoms with E-state index in [9.17, 15) is 9.90 Å². The number of nitrogens with zero attached hydrogens (tertiary/aromatic N) is 2. The van der Waals surface area contributed by atoms with Gasteiger partial charge in [-0.25, -0.2) is 0 Å². The molecule has 1 aliphatic rings. The van der Waals surface area contributed by atoms with Gasteiger partial charge in [-0.3, -0.25) is 14.6 Å². The van der Waals surface area contributed by atoms with E-state index in [0.717, 1.165) is 37.5 Å². The van der Waals surface area contributed by atoms with Crippen LogP contribution >= 0.6 is 11.3 Å². The SMILES string of the molecule is CC(=O)c1cc(CN2CCN(C(C)C)[C@@H](CCO)C2)cs1. The van der Waals surface area contributed by atoms with Gasteiger partial charge >= 0.3 is 0 Å². The Labute approximate surface area is 131 Å². The first-order chi connectivity index (χ1) is 10.0. The molecule has 1 atom stereocenters. The number of Topliss-reactive ketones (excluding diaryl/α,β-unsaturated/α-hetero) is 1. The van der Waals surface area contributed by atoms with Crippen molar-refractivity contribution >= 4 is 17.1 Å². The molecular formula is C16H26N2O2S. The van der Waals surface area contributed by atoms with Crippen molar-refractivity contribution in [2.75, 3.05) is 26.2 Å². The predicted octanol–water partition coefficient (Wildman–Crippen LogP) is 2.23. The molecule has 0 spiro atoms. The molecule has 2 rings (SSSR count). The van der Waals surface area contributed by atoms with E-state index in [-0.39, 0.29) is 12.4 Å². The number of aliphatic hydroxyl groups is 1. The van der Waals surface area contributed by atoms with Crippen LogP contribution in [0.25, 0.3) is 0 Å². The second-order valence-corrected chi connectivity index (χ2v) is 7.02. The lowest BCUT2D eigenvalue weighted by atomic mass is 10.1. The van der Waals surface area contributed by atoms with Crippen molar-refractivity contribution in [3.05, 3.63) is 21.9 Å². The lowest BCUT2D eigenvalue weighted by Crippen LogP contribution is -2.55. The summed E-state index contributed by atoms with van der Waals surface area (Å²) in [5.41, 5.74) is 1.23. The smallest absolute Gasteiger partial charge is 0.169 e.